The van der Waals surface area contributed by atoms with Gasteiger partial charge in [-0.25, -0.2) is 19.9 Å². The molecule has 12 rings (SSSR count). The van der Waals surface area contributed by atoms with Crippen molar-refractivity contribution >= 4 is 74.4 Å². The summed E-state index contributed by atoms with van der Waals surface area (Å²) in [5, 5.41) is 20.5. The number of carboxylic acids is 1. The number of aromatic nitrogens is 8. The van der Waals surface area contributed by atoms with Gasteiger partial charge in [-0.2, -0.15) is 0 Å². The maximum atomic E-state index is 13.1. The maximum Gasteiger partial charge on any atom is 1.00 e. The van der Waals surface area contributed by atoms with E-state index < -0.39 is 12.1 Å². The monoisotopic (exact) mass is 1260 g/mol. The molecule has 2 N–H and O–H groups in total. The van der Waals surface area contributed by atoms with Gasteiger partial charge in [0.05, 0.1) is 76.4 Å². The molecule has 0 atom stereocenters. The van der Waals surface area contributed by atoms with Gasteiger partial charge in [-0.1, -0.05) is 196 Å². The second kappa shape index (κ2) is 29.6. The topological polar surface area (TPSA) is 135 Å². The zero-order chi connectivity index (χ0) is 59.5. The van der Waals surface area contributed by atoms with Crippen LogP contribution in [0.4, 0.5) is 0 Å². The summed E-state index contributed by atoms with van der Waals surface area (Å²) < 4.78 is 9.27. The van der Waals surface area contributed by atoms with E-state index in [1.807, 2.05) is 48.6 Å². The molecule has 4 aromatic heterocycles. The number of para-hydroxylation sites is 8. The summed E-state index contributed by atoms with van der Waals surface area (Å²) in [6.45, 7) is 21.9. The Labute approximate surface area is 534 Å². The van der Waals surface area contributed by atoms with E-state index in [1.54, 1.807) is 0 Å². The van der Waals surface area contributed by atoms with Crippen LogP contribution in [0.25, 0.3) is 68.4 Å². The molecule has 0 saturated heterocycles. The number of hydrogen-bond acceptors (Lipinski definition) is 8. The van der Waals surface area contributed by atoms with E-state index in [0.29, 0.717) is 65.4 Å². The molecule has 4 heterocycles. The Morgan fingerprint density at radius 2 is 0.602 bits per heavy atom. The zero-order valence-corrected chi connectivity index (χ0v) is 51.0. The summed E-state index contributed by atoms with van der Waals surface area (Å²) in [4.78, 5) is 35.0. The Balaban J connectivity index is 0.00000149. The molecule has 0 radical (unpaired) electrons. The van der Waals surface area contributed by atoms with E-state index >= 15 is 0 Å². The van der Waals surface area contributed by atoms with Crippen molar-refractivity contribution in [3.63, 3.8) is 0 Å². The minimum Gasteiger partial charge on any atom is -0.481 e. The predicted octanol–water partition coefficient (Wildman–Crippen LogP) is 14.0. The Kier molecular flexibility index (Phi) is 21.3. The molecule has 0 bridgehead atoms. The third-order valence-corrected chi connectivity index (χ3v) is 15.6. The number of aliphatic carboxylic acids is 1. The van der Waals surface area contributed by atoms with Crippen LogP contribution < -0.4 is 0 Å². The number of fused-ring (bicyclic) bond motifs is 4. The van der Waals surface area contributed by atoms with Crippen molar-refractivity contribution < 1.29 is 49.1 Å². The molecule has 0 saturated carbocycles. The van der Waals surface area contributed by atoms with Crippen LogP contribution >= 0.6 is 0 Å². The van der Waals surface area contributed by atoms with Crippen LogP contribution in [0.15, 0.2) is 220 Å². The number of aliphatic hydroxyl groups is 1. The number of carboxylic acid groups (broad SMARTS) is 1. The van der Waals surface area contributed by atoms with Gasteiger partial charge in [-0.05, 0) is 93.0 Å². The van der Waals surface area contributed by atoms with Gasteiger partial charge >= 0.3 is 34.1 Å². The molecule has 8 aromatic carbocycles. The van der Waals surface area contributed by atoms with Crippen molar-refractivity contribution in [2.75, 3.05) is 13.1 Å². The van der Waals surface area contributed by atoms with E-state index in [0.717, 1.165) is 119 Å². The molecule has 15 heteroatoms. The Morgan fingerprint density at radius 1 is 0.398 bits per heavy atom. The van der Waals surface area contributed by atoms with Crippen LogP contribution in [0.3, 0.4) is 0 Å². The molecule has 88 heavy (non-hydrogen) atoms. The van der Waals surface area contributed by atoms with Crippen molar-refractivity contribution in [1.29, 1.82) is 0 Å². The predicted molar refractivity (Wildman–Crippen MR) is 349 cm³/mol. The van der Waals surface area contributed by atoms with Crippen LogP contribution in [-0.2, 0) is 91.3 Å². The standard InChI is InChI=1S/C71H66N10O.C2H4O2.2Cu/c1-5-51-25-33-55(34-26-51)41-78-64-21-13-9-17-60(64)72-68(78)47-76(48-69-73-61-18-10-14-22-65(61)79(69)42-56-35-27-52(6-2)28-36-56)45-59(82)46-77(49-70-74-62-19-11-15-23-66(62)80(70)43-57-37-29-53(7-3)30-38-57)50-71-75-63-20-12-16-24-67(63)81(71)44-58-39-31-54(8-4)32-40-58;1-2(3)4;;/h5-40,59,82H,1-4,41-50H2;1H3,(H,3,4);;/q;;2*+1. The SMILES string of the molecule is C=Cc1ccc(Cn2c(CN(Cc3nc4ccccc4n3Cc3ccc(C=C)cc3)CC(O)CN(Cc3nc4ccccc4n3Cc3ccc(C=C)cc3)Cc3nc4ccccc4n3Cc3ccc(C=C)cc3)nc3ccccc32)cc1.CC(=O)O.[Cu+].[Cu+]. The van der Waals surface area contributed by atoms with Crippen LogP contribution in [0.1, 0.15) is 74.7 Å². The van der Waals surface area contributed by atoms with Gasteiger partial charge < -0.3 is 28.5 Å². The first-order valence-electron chi connectivity index (χ1n) is 29.0. The van der Waals surface area contributed by atoms with Crippen LogP contribution in [0.2, 0.25) is 0 Å². The maximum absolute atomic E-state index is 13.1. The van der Waals surface area contributed by atoms with Crippen LogP contribution in [-0.4, -0.2) is 83.4 Å². The number of nitrogens with zero attached hydrogens (tertiary/aromatic N) is 10. The van der Waals surface area contributed by atoms with Gasteiger partial charge in [0, 0.05) is 46.2 Å². The quantitative estimate of drug-likeness (QED) is 0.0567. The summed E-state index contributed by atoms with van der Waals surface area (Å²) in [7, 11) is 0. The Hall–Kier alpha value is -9.01. The largest absolute Gasteiger partial charge is 1.00 e. The third-order valence-electron chi connectivity index (χ3n) is 15.6. The average molecular weight is 1260 g/mol. The smallest absolute Gasteiger partial charge is 0.481 e. The van der Waals surface area contributed by atoms with E-state index in [-0.39, 0.29) is 34.1 Å². The second-order valence-corrected chi connectivity index (χ2v) is 21.7. The zero-order valence-electron chi connectivity index (χ0n) is 49.1. The third kappa shape index (κ3) is 15.2. The van der Waals surface area contributed by atoms with E-state index in [4.69, 9.17) is 29.8 Å². The summed E-state index contributed by atoms with van der Waals surface area (Å²) >= 11 is 0. The molecule has 0 spiro atoms. The molecule has 13 nitrogen and oxygen atoms in total. The number of rotatable bonds is 24. The minimum absolute atomic E-state index is 0. The first-order chi connectivity index (χ1) is 42.0. The van der Waals surface area contributed by atoms with Crippen LogP contribution in [0.5, 0.6) is 0 Å². The van der Waals surface area contributed by atoms with E-state index in [2.05, 4.69) is 224 Å². The first-order valence-corrected chi connectivity index (χ1v) is 29.0. The summed E-state index contributed by atoms with van der Waals surface area (Å²) in [6, 6.07) is 67.5. The Bertz CT molecular complexity index is 3810. The van der Waals surface area contributed by atoms with Gasteiger partial charge in [0.15, 0.2) is 0 Å². The molecule has 0 aliphatic heterocycles. The molecular formula is C73H70Cu2N10O3+2. The molecule has 0 unspecified atom stereocenters. The number of aliphatic hydroxyl groups excluding tert-OH is 1. The van der Waals surface area contributed by atoms with Gasteiger partial charge in [0.2, 0.25) is 0 Å². The van der Waals surface area contributed by atoms with Crippen molar-refractivity contribution in [2.24, 2.45) is 0 Å². The molecule has 0 fully saturated rings. The van der Waals surface area contributed by atoms with Gasteiger partial charge in [-0.3, -0.25) is 14.6 Å². The van der Waals surface area contributed by atoms with E-state index in [9.17, 15) is 5.11 Å². The van der Waals surface area contributed by atoms with Crippen LogP contribution in [0, 0.1) is 0 Å². The average Bonchev–Trinajstić information content (AvgIpc) is 2.05. The second-order valence-electron chi connectivity index (χ2n) is 21.7. The molecule has 0 aliphatic carbocycles. The molecule has 12 aromatic rings. The fourth-order valence-corrected chi connectivity index (χ4v) is 11.3. The van der Waals surface area contributed by atoms with Gasteiger partial charge in [0.1, 0.15) is 23.3 Å². The Morgan fingerprint density at radius 3 is 0.807 bits per heavy atom. The van der Waals surface area contributed by atoms with Crippen molar-refractivity contribution in [3.8, 4) is 0 Å². The molecule has 450 valence electrons. The van der Waals surface area contributed by atoms with Crippen molar-refractivity contribution in [2.45, 2.75) is 65.4 Å². The number of imidazole rings is 4. The van der Waals surface area contributed by atoms with E-state index in [1.165, 1.54) is 0 Å². The first kappa shape index (κ1) is 63.5. The normalized spacial score (nSPS) is 11.2. The number of hydrogen-bond donors (Lipinski definition) is 2. The molecule has 0 aliphatic rings. The summed E-state index contributed by atoms with van der Waals surface area (Å²) in [5.41, 5.74) is 16.8. The number of carbonyl (C=O) groups is 1. The fraction of sp³-hybridized carbons (Fsp3) is 0.164. The summed E-state index contributed by atoms with van der Waals surface area (Å²) in [6.07, 6.45) is 6.64. The summed E-state index contributed by atoms with van der Waals surface area (Å²) in [5.74, 6) is 2.74. The molecule has 0 amide bonds. The van der Waals surface area contributed by atoms with Crippen molar-refractivity contribution in [3.05, 3.63) is 288 Å². The minimum atomic E-state index is -0.845. The fourth-order valence-electron chi connectivity index (χ4n) is 11.3. The van der Waals surface area contributed by atoms with Gasteiger partial charge in [0.25, 0.3) is 5.97 Å². The van der Waals surface area contributed by atoms with Crippen molar-refractivity contribution in [1.82, 2.24) is 48.0 Å². The van der Waals surface area contributed by atoms with Gasteiger partial charge in [-0.15, -0.1) is 0 Å². The number of benzene rings is 8. The molecular weight excluding hydrogens is 1190 g/mol.